The minimum atomic E-state index is -0.968. The Bertz CT molecular complexity index is 1200. The quantitative estimate of drug-likeness (QED) is 0.634. The standard InChI is InChI=1S/C22H18ClF2N3O3/c23-14-10-19-20(31-8-2-7-30-19)11-17(14)26-22(29)21-13-3-1-4-18(13)28(27-21)12-5-6-15(24)16(25)9-12/h5-6,9-11H,1-4,7-8H2,(H,26,29). The molecule has 1 N–H and O–H groups in total. The molecular formula is C22H18ClF2N3O3. The van der Waals surface area contributed by atoms with Crippen molar-refractivity contribution < 1.29 is 23.0 Å². The van der Waals surface area contributed by atoms with Crippen molar-refractivity contribution in [3.05, 3.63) is 63.9 Å². The molecule has 5 rings (SSSR count). The summed E-state index contributed by atoms with van der Waals surface area (Å²) < 4.78 is 39.9. The van der Waals surface area contributed by atoms with Gasteiger partial charge in [-0.1, -0.05) is 11.6 Å². The molecule has 0 radical (unpaired) electrons. The normalized spacial score (nSPS) is 14.8. The highest BCUT2D eigenvalue weighted by Crippen LogP contribution is 2.38. The molecule has 0 saturated heterocycles. The number of carbonyl (C=O) groups excluding carboxylic acids is 1. The number of anilines is 1. The Morgan fingerprint density at radius 3 is 2.58 bits per heavy atom. The Hall–Kier alpha value is -3.13. The number of amides is 1. The van der Waals surface area contributed by atoms with Gasteiger partial charge in [-0.05, 0) is 31.4 Å². The number of fused-ring (bicyclic) bond motifs is 2. The highest BCUT2D eigenvalue weighted by Gasteiger charge is 2.28. The molecule has 1 aliphatic carbocycles. The smallest absolute Gasteiger partial charge is 0.276 e. The molecule has 0 spiro atoms. The molecule has 0 fully saturated rings. The second-order valence-corrected chi connectivity index (χ2v) is 7.83. The number of hydrogen-bond donors (Lipinski definition) is 1. The van der Waals surface area contributed by atoms with Gasteiger partial charge in [-0.2, -0.15) is 5.10 Å². The number of ether oxygens (including phenoxy) is 2. The number of nitrogens with zero attached hydrogens (tertiary/aromatic N) is 2. The van der Waals surface area contributed by atoms with Gasteiger partial charge < -0.3 is 14.8 Å². The van der Waals surface area contributed by atoms with Crippen LogP contribution in [0.1, 0.15) is 34.6 Å². The van der Waals surface area contributed by atoms with E-state index in [2.05, 4.69) is 10.4 Å². The summed E-state index contributed by atoms with van der Waals surface area (Å²) in [6, 6.07) is 6.80. The van der Waals surface area contributed by atoms with Gasteiger partial charge in [-0.15, -0.1) is 0 Å². The zero-order chi connectivity index (χ0) is 21.5. The summed E-state index contributed by atoms with van der Waals surface area (Å²) in [5, 5.41) is 7.53. The summed E-state index contributed by atoms with van der Waals surface area (Å²) in [4.78, 5) is 13.1. The van der Waals surface area contributed by atoms with Crippen LogP contribution in [0.25, 0.3) is 5.69 Å². The molecule has 9 heteroatoms. The molecule has 1 aliphatic heterocycles. The van der Waals surface area contributed by atoms with Crippen LogP contribution in [0.3, 0.4) is 0 Å². The molecule has 0 unspecified atom stereocenters. The summed E-state index contributed by atoms with van der Waals surface area (Å²) in [7, 11) is 0. The van der Waals surface area contributed by atoms with Crippen molar-refractivity contribution in [2.75, 3.05) is 18.5 Å². The molecule has 1 aromatic heterocycles. The van der Waals surface area contributed by atoms with Gasteiger partial charge in [0.05, 0.1) is 29.6 Å². The van der Waals surface area contributed by atoms with E-state index in [-0.39, 0.29) is 5.69 Å². The summed E-state index contributed by atoms with van der Waals surface area (Å²) in [6.07, 6.45) is 2.97. The number of benzene rings is 2. The zero-order valence-electron chi connectivity index (χ0n) is 16.4. The van der Waals surface area contributed by atoms with E-state index < -0.39 is 17.5 Å². The van der Waals surface area contributed by atoms with Crippen LogP contribution in [0.2, 0.25) is 5.02 Å². The van der Waals surface area contributed by atoms with Gasteiger partial charge in [0.25, 0.3) is 5.91 Å². The van der Waals surface area contributed by atoms with Crippen molar-refractivity contribution in [1.29, 1.82) is 0 Å². The van der Waals surface area contributed by atoms with Crippen molar-refractivity contribution >= 4 is 23.2 Å². The lowest BCUT2D eigenvalue weighted by Crippen LogP contribution is -2.15. The van der Waals surface area contributed by atoms with Crippen LogP contribution in [-0.2, 0) is 12.8 Å². The van der Waals surface area contributed by atoms with Crippen LogP contribution in [0.15, 0.2) is 30.3 Å². The molecule has 160 valence electrons. The molecule has 0 saturated carbocycles. The number of hydrogen-bond acceptors (Lipinski definition) is 4. The van der Waals surface area contributed by atoms with Gasteiger partial charge >= 0.3 is 0 Å². The fraction of sp³-hybridized carbons (Fsp3) is 0.273. The minimum absolute atomic E-state index is 0.236. The van der Waals surface area contributed by atoms with Crippen molar-refractivity contribution in [3.63, 3.8) is 0 Å². The topological polar surface area (TPSA) is 65.4 Å². The van der Waals surface area contributed by atoms with E-state index in [4.69, 9.17) is 21.1 Å². The SMILES string of the molecule is O=C(Nc1cc2c(cc1Cl)OCCCO2)c1nn(-c2ccc(F)c(F)c2)c2c1CCC2. The second-order valence-electron chi connectivity index (χ2n) is 7.42. The molecule has 2 aromatic carbocycles. The Morgan fingerprint density at radius 2 is 1.81 bits per heavy atom. The molecule has 0 bridgehead atoms. The van der Waals surface area contributed by atoms with E-state index in [1.54, 1.807) is 12.1 Å². The maximum absolute atomic E-state index is 13.7. The number of halogens is 3. The fourth-order valence-electron chi connectivity index (χ4n) is 3.91. The van der Waals surface area contributed by atoms with Gasteiger partial charge in [0, 0.05) is 35.9 Å². The molecular weight excluding hydrogens is 428 g/mol. The predicted molar refractivity (Wildman–Crippen MR) is 111 cm³/mol. The molecule has 31 heavy (non-hydrogen) atoms. The van der Waals surface area contributed by atoms with Crippen LogP contribution < -0.4 is 14.8 Å². The third-order valence-corrected chi connectivity index (χ3v) is 5.69. The number of nitrogens with one attached hydrogen (secondary N) is 1. The highest BCUT2D eigenvalue weighted by molar-refractivity contribution is 6.34. The lowest BCUT2D eigenvalue weighted by molar-refractivity contribution is 0.102. The van der Waals surface area contributed by atoms with Gasteiger partial charge in [0.2, 0.25) is 0 Å². The molecule has 1 amide bonds. The average Bonchev–Trinajstić information content (AvgIpc) is 3.28. The van der Waals surface area contributed by atoms with Crippen molar-refractivity contribution in [2.45, 2.75) is 25.7 Å². The van der Waals surface area contributed by atoms with Gasteiger partial charge in [-0.25, -0.2) is 13.5 Å². The van der Waals surface area contributed by atoms with E-state index in [0.29, 0.717) is 54.0 Å². The monoisotopic (exact) mass is 445 g/mol. The van der Waals surface area contributed by atoms with Gasteiger partial charge in [-0.3, -0.25) is 4.79 Å². The third kappa shape index (κ3) is 3.61. The lowest BCUT2D eigenvalue weighted by atomic mass is 10.2. The molecule has 0 atom stereocenters. The Kier molecular flexibility index (Phi) is 5.02. The first-order chi connectivity index (χ1) is 15.0. The molecule has 2 heterocycles. The van der Waals surface area contributed by atoms with Crippen molar-refractivity contribution in [1.82, 2.24) is 9.78 Å². The second kappa shape index (κ2) is 7.85. The molecule has 3 aromatic rings. The minimum Gasteiger partial charge on any atom is -0.490 e. The van der Waals surface area contributed by atoms with Gasteiger partial charge in [0.1, 0.15) is 0 Å². The van der Waals surface area contributed by atoms with Gasteiger partial charge in [0.15, 0.2) is 28.8 Å². The Labute approximate surface area is 181 Å². The zero-order valence-corrected chi connectivity index (χ0v) is 17.1. The summed E-state index contributed by atoms with van der Waals surface area (Å²) in [5.74, 6) is -1.30. The molecule has 6 nitrogen and oxygen atoms in total. The first-order valence-corrected chi connectivity index (χ1v) is 10.4. The van der Waals surface area contributed by atoms with Crippen LogP contribution in [-0.4, -0.2) is 28.9 Å². The van der Waals surface area contributed by atoms with Crippen LogP contribution in [0.4, 0.5) is 14.5 Å². The van der Waals surface area contributed by atoms with E-state index >= 15 is 0 Å². The first kappa shape index (κ1) is 19.8. The Balaban J connectivity index is 1.48. The van der Waals surface area contributed by atoms with E-state index in [0.717, 1.165) is 36.2 Å². The third-order valence-electron chi connectivity index (χ3n) is 5.38. The molecule has 2 aliphatic rings. The predicted octanol–water partition coefficient (Wildman–Crippen LogP) is 4.71. The fourth-order valence-corrected chi connectivity index (χ4v) is 4.11. The summed E-state index contributed by atoms with van der Waals surface area (Å²) >= 11 is 6.34. The summed E-state index contributed by atoms with van der Waals surface area (Å²) in [6.45, 7) is 1.04. The summed E-state index contributed by atoms with van der Waals surface area (Å²) in [5.41, 5.74) is 2.60. The Morgan fingerprint density at radius 1 is 1.03 bits per heavy atom. The average molecular weight is 446 g/mol. The van der Waals surface area contributed by atoms with Crippen molar-refractivity contribution in [2.24, 2.45) is 0 Å². The van der Waals surface area contributed by atoms with Crippen LogP contribution in [0.5, 0.6) is 11.5 Å². The lowest BCUT2D eigenvalue weighted by Gasteiger charge is -2.12. The number of rotatable bonds is 3. The highest BCUT2D eigenvalue weighted by atomic mass is 35.5. The number of aromatic nitrogens is 2. The van der Waals surface area contributed by atoms with Crippen molar-refractivity contribution in [3.8, 4) is 17.2 Å². The number of carbonyl (C=O) groups is 1. The maximum atomic E-state index is 13.7. The van der Waals surface area contributed by atoms with E-state index in [1.165, 1.54) is 10.7 Å². The van der Waals surface area contributed by atoms with E-state index in [9.17, 15) is 13.6 Å². The first-order valence-electron chi connectivity index (χ1n) is 9.98. The van der Waals surface area contributed by atoms with Crippen LogP contribution in [0, 0.1) is 11.6 Å². The van der Waals surface area contributed by atoms with Crippen LogP contribution >= 0.6 is 11.6 Å². The largest absolute Gasteiger partial charge is 0.490 e. The maximum Gasteiger partial charge on any atom is 0.276 e. The van der Waals surface area contributed by atoms with E-state index in [1.807, 2.05) is 0 Å².